The van der Waals surface area contributed by atoms with Crippen LogP contribution >= 0.6 is 0 Å². The number of amides is 1. The molecule has 7 nitrogen and oxygen atoms in total. The van der Waals surface area contributed by atoms with Gasteiger partial charge in [0.1, 0.15) is 19.0 Å². The van der Waals surface area contributed by atoms with Crippen LogP contribution in [0.1, 0.15) is 28.8 Å². The summed E-state index contributed by atoms with van der Waals surface area (Å²) in [6, 6.07) is 12.7. The summed E-state index contributed by atoms with van der Waals surface area (Å²) in [6.07, 6.45) is 2.24. The molecule has 1 aliphatic heterocycles. The molecule has 1 unspecified atom stereocenters. The summed E-state index contributed by atoms with van der Waals surface area (Å²) in [5.41, 5.74) is 1.45. The lowest BCUT2D eigenvalue weighted by Crippen LogP contribution is -2.23. The van der Waals surface area contributed by atoms with Crippen LogP contribution in [0, 0.1) is 0 Å². The lowest BCUT2D eigenvalue weighted by molar-refractivity contribution is 0.0669. The predicted molar refractivity (Wildman–Crippen MR) is 112 cm³/mol. The van der Waals surface area contributed by atoms with Crippen LogP contribution in [0.3, 0.4) is 0 Å². The van der Waals surface area contributed by atoms with Crippen LogP contribution in [-0.2, 0) is 16.0 Å². The molecule has 1 saturated heterocycles. The Labute approximate surface area is 177 Å². The zero-order valence-electron chi connectivity index (χ0n) is 17.5. The Morgan fingerprint density at radius 1 is 1.10 bits per heavy atom. The standard InChI is InChI=1S/C23H29NO6/c1-26-11-12-29-19-6-3-5-18(14-19)23(25)24-15-17-8-9-21(22(13-17)27-2)30-16-20-7-4-10-28-20/h3,5-6,8-9,13-14,20H,4,7,10-12,15-16H2,1-2H3,(H,24,25). The molecule has 1 N–H and O–H groups in total. The van der Waals surface area contributed by atoms with E-state index in [1.807, 2.05) is 24.3 Å². The molecule has 0 aliphatic carbocycles. The Hall–Kier alpha value is -2.77. The van der Waals surface area contributed by atoms with Gasteiger partial charge in [0, 0.05) is 25.8 Å². The molecule has 0 spiro atoms. The van der Waals surface area contributed by atoms with E-state index in [2.05, 4.69) is 5.32 Å². The van der Waals surface area contributed by atoms with Crippen molar-refractivity contribution in [1.82, 2.24) is 5.32 Å². The van der Waals surface area contributed by atoms with Crippen molar-refractivity contribution >= 4 is 5.91 Å². The molecule has 0 saturated carbocycles. The first-order valence-corrected chi connectivity index (χ1v) is 10.1. The third kappa shape index (κ3) is 6.37. The Morgan fingerprint density at radius 3 is 2.77 bits per heavy atom. The summed E-state index contributed by atoms with van der Waals surface area (Å²) in [6.45, 7) is 2.60. The van der Waals surface area contributed by atoms with E-state index in [0.717, 1.165) is 25.0 Å². The number of rotatable bonds is 11. The van der Waals surface area contributed by atoms with E-state index in [1.54, 1.807) is 32.4 Å². The molecule has 2 aromatic carbocycles. The molecule has 0 bridgehead atoms. The predicted octanol–water partition coefficient (Wildman–Crippen LogP) is 3.21. The molecule has 0 radical (unpaired) electrons. The first-order chi connectivity index (χ1) is 14.7. The van der Waals surface area contributed by atoms with Crippen molar-refractivity contribution in [3.8, 4) is 17.2 Å². The Bertz CT molecular complexity index is 819. The van der Waals surface area contributed by atoms with Gasteiger partial charge < -0.3 is 29.0 Å². The number of ether oxygens (including phenoxy) is 5. The summed E-state index contributed by atoms with van der Waals surface area (Å²) in [7, 11) is 3.22. The number of benzene rings is 2. The third-order valence-electron chi connectivity index (χ3n) is 4.78. The van der Waals surface area contributed by atoms with E-state index in [0.29, 0.717) is 49.2 Å². The SMILES string of the molecule is COCCOc1cccc(C(=O)NCc2ccc(OCC3CCCO3)c(OC)c2)c1. The minimum absolute atomic E-state index is 0.142. The summed E-state index contributed by atoms with van der Waals surface area (Å²) in [4.78, 5) is 12.5. The van der Waals surface area contributed by atoms with Gasteiger partial charge in [-0.1, -0.05) is 12.1 Å². The minimum atomic E-state index is -0.176. The van der Waals surface area contributed by atoms with Gasteiger partial charge in [-0.3, -0.25) is 4.79 Å². The van der Waals surface area contributed by atoms with E-state index in [1.165, 1.54) is 0 Å². The van der Waals surface area contributed by atoms with Crippen LogP contribution in [0.25, 0.3) is 0 Å². The lowest BCUT2D eigenvalue weighted by Gasteiger charge is -2.15. The van der Waals surface area contributed by atoms with Crippen molar-refractivity contribution in [2.45, 2.75) is 25.5 Å². The summed E-state index contributed by atoms with van der Waals surface area (Å²) in [5.74, 6) is 1.76. The molecule has 3 rings (SSSR count). The maximum Gasteiger partial charge on any atom is 0.251 e. The zero-order valence-corrected chi connectivity index (χ0v) is 17.5. The molecule has 1 amide bonds. The molecule has 2 aromatic rings. The fourth-order valence-electron chi connectivity index (χ4n) is 3.15. The van der Waals surface area contributed by atoms with Crippen LogP contribution in [0.2, 0.25) is 0 Å². The molecule has 1 heterocycles. The van der Waals surface area contributed by atoms with Gasteiger partial charge in [0.15, 0.2) is 11.5 Å². The van der Waals surface area contributed by atoms with E-state index in [-0.39, 0.29) is 12.0 Å². The fourth-order valence-corrected chi connectivity index (χ4v) is 3.15. The number of hydrogen-bond donors (Lipinski definition) is 1. The van der Waals surface area contributed by atoms with Gasteiger partial charge in [0.25, 0.3) is 5.91 Å². The first-order valence-electron chi connectivity index (χ1n) is 10.1. The molecule has 1 atom stereocenters. The van der Waals surface area contributed by atoms with Crippen molar-refractivity contribution in [2.24, 2.45) is 0 Å². The maximum atomic E-state index is 12.5. The Morgan fingerprint density at radius 2 is 2.00 bits per heavy atom. The summed E-state index contributed by atoms with van der Waals surface area (Å²) >= 11 is 0. The molecule has 1 aliphatic rings. The second kappa shape index (κ2) is 11.4. The maximum absolute atomic E-state index is 12.5. The molecule has 30 heavy (non-hydrogen) atoms. The van der Waals surface area contributed by atoms with E-state index < -0.39 is 0 Å². The minimum Gasteiger partial charge on any atom is -0.493 e. The van der Waals surface area contributed by atoms with Crippen molar-refractivity contribution in [2.75, 3.05) is 40.6 Å². The van der Waals surface area contributed by atoms with Gasteiger partial charge in [-0.05, 0) is 48.7 Å². The molecule has 7 heteroatoms. The van der Waals surface area contributed by atoms with Crippen LogP contribution in [0.4, 0.5) is 0 Å². The monoisotopic (exact) mass is 415 g/mol. The highest BCUT2D eigenvalue weighted by Gasteiger charge is 2.17. The molecular weight excluding hydrogens is 386 g/mol. The van der Waals surface area contributed by atoms with Crippen molar-refractivity contribution < 1.29 is 28.5 Å². The molecular formula is C23H29NO6. The van der Waals surface area contributed by atoms with E-state index in [9.17, 15) is 4.79 Å². The summed E-state index contributed by atoms with van der Waals surface area (Å²) in [5, 5.41) is 2.92. The number of carbonyl (C=O) groups is 1. The van der Waals surface area contributed by atoms with Gasteiger partial charge in [-0.15, -0.1) is 0 Å². The van der Waals surface area contributed by atoms with Crippen LogP contribution in [-0.4, -0.2) is 52.7 Å². The first kappa shape index (κ1) is 21.9. The second-order valence-corrected chi connectivity index (χ2v) is 6.98. The van der Waals surface area contributed by atoms with Crippen LogP contribution < -0.4 is 19.5 Å². The molecule has 162 valence electrons. The number of methoxy groups -OCH3 is 2. The molecule has 0 aromatic heterocycles. The second-order valence-electron chi connectivity index (χ2n) is 6.98. The number of nitrogens with one attached hydrogen (secondary N) is 1. The smallest absolute Gasteiger partial charge is 0.251 e. The highest BCUT2D eigenvalue weighted by atomic mass is 16.5. The average molecular weight is 415 g/mol. The van der Waals surface area contributed by atoms with Crippen molar-refractivity contribution in [3.05, 3.63) is 53.6 Å². The highest BCUT2D eigenvalue weighted by Crippen LogP contribution is 2.29. The Kier molecular flexibility index (Phi) is 8.35. The fraction of sp³-hybridized carbons (Fsp3) is 0.435. The van der Waals surface area contributed by atoms with Gasteiger partial charge in [0.05, 0.1) is 19.8 Å². The average Bonchev–Trinajstić information content (AvgIpc) is 3.30. The van der Waals surface area contributed by atoms with Crippen LogP contribution in [0.15, 0.2) is 42.5 Å². The van der Waals surface area contributed by atoms with Crippen LogP contribution in [0.5, 0.6) is 17.2 Å². The van der Waals surface area contributed by atoms with Gasteiger partial charge >= 0.3 is 0 Å². The zero-order chi connectivity index (χ0) is 21.2. The van der Waals surface area contributed by atoms with E-state index in [4.69, 9.17) is 23.7 Å². The Balaban J connectivity index is 1.54. The van der Waals surface area contributed by atoms with Gasteiger partial charge in [0.2, 0.25) is 0 Å². The van der Waals surface area contributed by atoms with Gasteiger partial charge in [-0.25, -0.2) is 0 Å². The lowest BCUT2D eigenvalue weighted by atomic mass is 10.1. The summed E-state index contributed by atoms with van der Waals surface area (Å²) < 4.78 is 27.4. The normalized spacial score (nSPS) is 15.6. The quantitative estimate of drug-likeness (QED) is 0.568. The topological polar surface area (TPSA) is 75.3 Å². The van der Waals surface area contributed by atoms with E-state index >= 15 is 0 Å². The van der Waals surface area contributed by atoms with Crippen molar-refractivity contribution in [3.63, 3.8) is 0 Å². The highest BCUT2D eigenvalue weighted by molar-refractivity contribution is 5.94. The van der Waals surface area contributed by atoms with Crippen molar-refractivity contribution in [1.29, 1.82) is 0 Å². The number of hydrogen-bond acceptors (Lipinski definition) is 6. The molecule has 1 fully saturated rings. The van der Waals surface area contributed by atoms with Gasteiger partial charge in [-0.2, -0.15) is 0 Å². The number of carbonyl (C=O) groups excluding carboxylic acids is 1. The third-order valence-corrected chi connectivity index (χ3v) is 4.78. The largest absolute Gasteiger partial charge is 0.493 e.